The summed E-state index contributed by atoms with van der Waals surface area (Å²) in [6.45, 7) is 12.6. The smallest absolute Gasteiger partial charge is 0.431 e. The first-order chi connectivity index (χ1) is 10.4. The molecule has 2 saturated carbocycles. The van der Waals surface area contributed by atoms with E-state index in [1.807, 2.05) is 6.08 Å². The van der Waals surface area contributed by atoms with Crippen LogP contribution < -0.4 is 0 Å². The number of carbonyl (C=O) groups excluding carboxylic acids is 1. The minimum absolute atomic E-state index is 0.0188. The maximum atomic E-state index is 12.5. The van der Waals surface area contributed by atoms with Gasteiger partial charge in [-0.3, -0.25) is 0 Å². The lowest BCUT2D eigenvalue weighted by atomic mass is 9.75. The zero-order chi connectivity index (χ0) is 16.1. The van der Waals surface area contributed by atoms with E-state index in [0.717, 1.165) is 31.4 Å². The van der Waals surface area contributed by atoms with Crippen LogP contribution in [0.5, 0.6) is 0 Å². The van der Waals surface area contributed by atoms with E-state index in [1.54, 1.807) is 5.01 Å². The average Bonchev–Trinajstić information content (AvgIpc) is 2.97. The molecule has 0 N–H and O–H groups in total. The van der Waals surface area contributed by atoms with E-state index < -0.39 is 0 Å². The molecular formula is C18H28N2O2. The average molecular weight is 304 g/mol. The van der Waals surface area contributed by atoms with Crippen molar-refractivity contribution in [2.75, 3.05) is 0 Å². The van der Waals surface area contributed by atoms with E-state index in [0.29, 0.717) is 11.8 Å². The van der Waals surface area contributed by atoms with Crippen molar-refractivity contribution in [3.63, 3.8) is 0 Å². The van der Waals surface area contributed by atoms with Gasteiger partial charge in [-0.05, 0) is 49.4 Å². The van der Waals surface area contributed by atoms with Crippen LogP contribution in [-0.2, 0) is 4.74 Å². The Hall–Kier alpha value is -1.32. The lowest BCUT2D eigenvalue weighted by Crippen LogP contribution is -2.53. The number of allylic oxidation sites excluding steroid dienone is 1. The largest absolute Gasteiger partial charge is 0.442 e. The molecule has 4 atom stereocenters. The zero-order valence-corrected chi connectivity index (χ0v) is 14.3. The molecule has 1 amide bonds. The Labute approximate surface area is 133 Å². The van der Waals surface area contributed by atoms with Crippen LogP contribution in [0, 0.1) is 17.3 Å². The van der Waals surface area contributed by atoms with Crippen LogP contribution in [0.15, 0.2) is 17.8 Å². The summed E-state index contributed by atoms with van der Waals surface area (Å²) in [6, 6.07) is 0. The van der Waals surface area contributed by atoms with Crippen LogP contribution in [0.2, 0.25) is 0 Å². The van der Waals surface area contributed by atoms with Crippen LogP contribution in [0.1, 0.15) is 59.8 Å². The molecule has 0 unspecified atom stereocenters. The predicted molar refractivity (Wildman–Crippen MR) is 87.7 cm³/mol. The third-order valence-electron chi connectivity index (χ3n) is 6.52. The number of hydrazone groups is 1. The Morgan fingerprint density at radius 2 is 2.32 bits per heavy atom. The summed E-state index contributed by atoms with van der Waals surface area (Å²) in [5, 5.41) is 6.55. The number of nitrogens with zero attached hydrogens (tertiary/aromatic N) is 2. The second-order valence-electron chi connectivity index (χ2n) is 7.67. The Balaban J connectivity index is 1.98. The Morgan fingerprint density at radius 1 is 1.59 bits per heavy atom. The number of hydrogen-bond acceptors (Lipinski definition) is 3. The van der Waals surface area contributed by atoms with E-state index in [9.17, 15) is 4.79 Å². The van der Waals surface area contributed by atoms with E-state index >= 15 is 0 Å². The van der Waals surface area contributed by atoms with E-state index in [-0.39, 0.29) is 23.2 Å². The van der Waals surface area contributed by atoms with Gasteiger partial charge in [0.05, 0.1) is 0 Å². The summed E-state index contributed by atoms with van der Waals surface area (Å²) in [6.07, 6.45) is 6.61. The van der Waals surface area contributed by atoms with Gasteiger partial charge in [-0.25, -0.2) is 4.79 Å². The summed E-state index contributed by atoms with van der Waals surface area (Å²) in [5.41, 5.74) is 0.912. The van der Waals surface area contributed by atoms with E-state index in [2.05, 4.69) is 34.3 Å². The molecule has 4 heteroatoms. The van der Waals surface area contributed by atoms with Crippen LogP contribution in [0.3, 0.4) is 0 Å². The minimum atomic E-state index is -0.254. The lowest BCUT2D eigenvalue weighted by Gasteiger charge is -2.40. The first-order valence-electron chi connectivity index (χ1n) is 8.57. The number of rotatable bonds is 5. The molecule has 0 aromatic rings. The van der Waals surface area contributed by atoms with Gasteiger partial charge < -0.3 is 4.74 Å². The van der Waals surface area contributed by atoms with Gasteiger partial charge in [-0.15, -0.1) is 6.58 Å². The van der Waals surface area contributed by atoms with Crippen LogP contribution >= 0.6 is 0 Å². The fourth-order valence-corrected chi connectivity index (χ4v) is 5.03. The number of hydrogen-bond donors (Lipinski definition) is 0. The van der Waals surface area contributed by atoms with Gasteiger partial charge >= 0.3 is 6.09 Å². The van der Waals surface area contributed by atoms with Gasteiger partial charge in [0.1, 0.15) is 11.6 Å². The Bertz CT molecular complexity index is 525. The molecule has 1 spiro atoms. The van der Waals surface area contributed by atoms with Crippen molar-refractivity contribution in [2.45, 2.75) is 71.4 Å². The van der Waals surface area contributed by atoms with Gasteiger partial charge in [0.25, 0.3) is 0 Å². The van der Waals surface area contributed by atoms with Crippen molar-refractivity contribution in [2.24, 2.45) is 22.4 Å². The second-order valence-corrected chi connectivity index (χ2v) is 7.67. The summed E-state index contributed by atoms with van der Waals surface area (Å²) >= 11 is 0. The van der Waals surface area contributed by atoms with Crippen molar-refractivity contribution in [1.29, 1.82) is 0 Å². The van der Waals surface area contributed by atoms with E-state index in [4.69, 9.17) is 9.84 Å². The molecule has 22 heavy (non-hydrogen) atoms. The highest BCUT2D eigenvalue weighted by molar-refractivity contribution is 5.87. The molecule has 122 valence electrons. The summed E-state index contributed by atoms with van der Waals surface area (Å²) < 4.78 is 5.70. The number of fused-ring (bicyclic) bond motifs is 1. The summed E-state index contributed by atoms with van der Waals surface area (Å²) in [4.78, 5) is 12.5. The third kappa shape index (κ3) is 1.82. The molecule has 3 aliphatic rings. The Morgan fingerprint density at radius 3 is 2.91 bits per heavy atom. The lowest BCUT2D eigenvalue weighted by molar-refractivity contribution is 0.0566. The normalized spacial score (nSPS) is 37.2. The van der Waals surface area contributed by atoms with E-state index in [1.165, 1.54) is 6.42 Å². The third-order valence-corrected chi connectivity index (χ3v) is 6.52. The van der Waals surface area contributed by atoms with Crippen molar-refractivity contribution in [1.82, 2.24) is 5.01 Å². The zero-order valence-electron chi connectivity index (χ0n) is 14.3. The van der Waals surface area contributed by atoms with Crippen LogP contribution in [0.25, 0.3) is 0 Å². The van der Waals surface area contributed by atoms with Crippen molar-refractivity contribution >= 4 is 11.8 Å². The number of ether oxygens (including phenoxy) is 1. The van der Waals surface area contributed by atoms with Crippen molar-refractivity contribution in [3.8, 4) is 0 Å². The molecule has 4 nitrogen and oxygen atoms in total. The van der Waals surface area contributed by atoms with Gasteiger partial charge in [-0.2, -0.15) is 10.1 Å². The molecule has 3 rings (SSSR count). The van der Waals surface area contributed by atoms with Gasteiger partial charge in [0.15, 0.2) is 0 Å². The molecule has 1 saturated heterocycles. The highest BCUT2D eigenvalue weighted by atomic mass is 16.6. The summed E-state index contributed by atoms with van der Waals surface area (Å²) in [7, 11) is 0. The monoisotopic (exact) mass is 304 g/mol. The number of carbonyl (C=O) groups is 1. The van der Waals surface area contributed by atoms with Gasteiger partial charge in [-0.1, -0.05) is 33.8 Å². The first-order valence-corrected chi connectivity index (χ1v) is 8.57. The maximum Gasteiger partial charge on any atom is 0.431 e. The summed E-state index contributed by atoms with van der Waals surface area (Å²) in [5.74, 6) is 0.950. The number of amides is 1. The Kier molecular flexibility index (Phi) is 3.61. The standard InChI is InChI=1S/C18H28N2O2/c1-6-8-12(3)14(7-2)19-20-16(21)22-15-11-13-9-10-18(15,20)17(13,4)5/h6,12-13,15H,1,7-11H2,2-5H3/b19-14+/t12-,13-,15-,18+/m1/s1. The fraction of sp³-hybridized carbons (Fsp3) is 0.778. The molecule has 2 aliphatic carbocycles. The van der Waals surface area contributed by atoms with Crippen LogP contribution in [-0.4, -0.2) is 28.5 Å². The highest BCUT2D eigenvalue weighted by Gasteiger charge is 2.73. The van der Waals surface area contributed by atoms with Crippen LogP contribution in [0.4, 0.5) is 4.79 Å². The molecule has 2 bridgehead atoms. The maximum absolute atomic E-state index is 12.5. The SMILES string of the molecule is C=CC[C@@H](C)/C(CC)=N/N1C(=O)O[C@@H]2C[C@H]3CC[C@@]21C3(C)C. The molecule has 1 heterocycles. The predicted octanol–water partition coefficient (Wildman–Crippen LogP) is 4.36. The first kappa shape index (κ1) is 15.6. The molecule has 0 radical (unpaired) electrons. The molecule has 0 aromatic carbocycles. The quantitative estimate of drug-likeness (QED) is 0.559. The fourth-order valence-electron chi connectivity index (χ4n) is 5.03. The second kappa shape index (κ2) is 5.10. The molecule has 0 aromatic heterocycles. The van der Waals surface area contributed by atoms with Crippen molar-refractivity contribution in [3.05, 3.63) is 12.7 Å². The van der Waals surface area contributed by atoms with Gasteiger partial charge in [0.2, 0.25) is 0 Å². The topological polar surface area (TPSA) is 41.9 Å². The molecule has 1 aliphatic heterocycles. The molecular weight excluding hydrogens is 276 g/mol. The minimum Gasteiger partial charge on any atom is -0.442 e. The van der Waals surface area contributed by atoms with Gasteiger partial charge in [0, 0.05) is 5.71 Å². The highest BCUT2D eigenvalue weighted by Crippen LogP contribution is 2.65. The molecule has 3 fully saturated rings. The van der Waals surface area contributed by atoms with Crippen molar-refractivity contribution < 1.29 is 9.53 Å².